The highest BCUT2D eigenvalue weighted by Crippen LogP contribution is 2.19. The van der Waals surface area contributed by atoms with Crippen LogP contribution in [0.1, 0.15) is 19.8 Å². The molecule has 1 N–H and O–H groups in total. The van der Waals surface area contributed by atoms with E-state index in [1.165, 1.54) is 32.5 Å². The predicted octanol–water partition coefficient (Wildman–Crippen LogP) is 0.722. The van der Waals surface area contributed by atoms with Gasteiger partial charge in [-0.25, -0.2) is 0 Å². The zero-order chi connectivity index (χ0) is 12.1. The second-order valence-electron chi connectivity index (χ2n) is 5.20. The first-order valence-electron chi connectivity index (χ1n) is 6.89. The molecule has 0 aromatic rings. The van der Waals surface area contributed by atoms with Crippen LogP contribution in [-0.4, -0.2) is 63.5 Å². The fraction of sp³-hybridized carbons (Fsp3) is 1.00. The topological polar surface area (TPSA) is 33.7 Å². The predicted molar refractivity (Wildman–Crippen MR) is 68.2 cm³/mol. The first-order valence-corrected chi connectivity index (χ1v) is 6.89. The van der Waals surface area contributed by atoms with Crippen molar-refractivity contribution in [2.24, 2.45) is 5.92 Å². The minimum Gasteiger partial charge on any atom is -0.381 e. The number of likely N-dealkylation sites (N-methyl/N-ethyl adjacent to an activating group) is 1. The maximum atomic E-state index is 5.59. The van der Waals surface area contributed by atoms with E-state index in [4.69, 9.17) is 9.47 Å². The van der Waals surface area contributed by atoms with Crippen LogP contribution in [0.4, 0.5) is 0 Å². The van der Waals surface area contributed by atoms with Crippen LogP contribution in [0.3, 0.4) is 0 Å². The van der Waals surface area contributed by atoms with Crippen molar-refractivity contribution in [3.05, 3.63) is 0 Å². The van der Waals surface area contributed by atoms with E-state index in [-0.39, 0.29) is 0 Å². The van der Waals surface area contributed by atoms with E-state index in [1.54, 1.807) is 0 Å². The van der Waals surface area contributed by atoms with Crippen LogP contribution in [-0.2, 0) is 9.47 Å². The Hall–Kier alpha value is -0.160. The summed E-state index contributed by atoms with van der Waals surface area (Å²) in [5.74, 6) is 0.661. The number of likely N-dealkylation sites (tertiary alicyclic amines) is 1. The average molecular weight is 242 g/mol. The second kappa shape index (κ2) is 6.69. The van der Waals surface area contributed by atoms with Gasteiger partial charge in [0.1, 0.15) is 0 Å². The number of ether oxygens (including phenoxy) is 2. The van der Waals surface area contributed by atoms with Crippen molar-refractivity contribution >= 4 is 0 Å². The van der Waals surface area contributed by atoms with Gasteiger partial charge in [-0.3, -0.25) is 0 Å². The molecule has 2 aliphatic heterocycles. The Labute approximate surface area is 105 Å². The number of nitrogens with zero attached hydrogens (tertiary/aromatic N) is 1. The maximum absolute atomic E-state index is 5.59. The smallest absolute Gasteiger partial charge is 0.0623 e. The van der Waals surface area contributed by atoms with Gasteiger partial charge < -0.3 is 19.7 Å². The van der Waals surface area contributed by atoms with Crippen LogP contribution in [0, 0.1) is 5.92 Å². The third kappa shape index (κ3) is 3.65. The lowest BCUT2D eigenvalue weighted by atomic mass is 10.0. The van der Waals surface area contributed by atoms with Crippen molar-refractivity contribution in [1.82, 2.24) is 10.2 Å². The largest absolute Gasteiger partial charge is 0.381 e. The van der Waals surface area contributed by atoms with Gasteiger partial charge in [-0.2, -0.15) is 0 Å². The second-order valence-corrected chi connectivity index (χ2v) is 5.20. The van der Waals surface area contributed by atoms with Crippen molar-refractivity contribution in [2.45, 2.75) is 31.9 Å². The lowest BCUT2D eigenvalue weighted by molar-refractivity contribution is 0.0351. The highest BCUT2D eigenvalue weighted by Gasteiger charge is 2.30. The SMILES string of the molecule is CCNC1COCC1CN1CCC(OC)CC1. The number of nitrogens with one attached hydrogen (secondary N) is 1. The first kappa shape index (κ1) is 13.3. The lowest BCUT2D eigenvalue weighted by Crippen LogP contribution is -2.45. The molecular formula is C13H26N2O2. The molecule has 2 rings (SSSR count). The summed E-state index contributed by atoms with van der Waals surface area (Å²) in [6.07, 6.45) is 2.84. The van der Waals surface area contributed by atoms with Crippen molar-refractivity contribution in [2.75, 3.05) is 46.5 Å². The molecule has 100 valence electrons. The van der Waals surface area contributed by atoms with Gasteiger partial charge in [0.25, 0.3) is 0 Å². The Morgan fingerprint density at radius 3 is 2.71 bits per heavy atom. The van der Waals surface area contributed by atoms with E-state index in [0.29, 0.717) is 18.1 Å². The van der Waals surface area contributed by atoms with Crippen molar-refractivity contribution in [1.29, 1.82) is 0 Å². The number of methoxy groups -OCH3 is 1. The zero-order valence-electron chi connectivity index (χ0n) is 11.2. The van der Waals surface area contributed by atoms with E-state index in [1.807, 2.05) is 7.11 Å². The molecule has 2 atom stereocenters. The third-order valence-corrected chi connectivity index (χ3v) is 4.03. The third-order valence-electron chi connectivity index (χ3n) is 4.03. The molecule has 4 nitrogen and oxygen atoms in total. The number of rotatable bonds is 5. The van der Waals surface area contributed by atoms with Crippen LogP contribution >= 0.6 is 0 Å². The quantitative estimate of drug-likeness (QED) is 0.770. The van der Waals surface area contributed by atoms with Gasteiger partial charge >= 0.3 is 0 Å². The van der Waals surface area contributed by atoms with Gasteiger partial charge in [0.2, 0.25) is 0 Å². The molecule has 4 heteroatoms. The summed E-state index contributed by atoms with van der Waals surface area (Å²) >= 11 is 0. The monoisotopic (exact) mass is 242 g/mol. The molecule has 0 radical (unpaired) electrons. The molecular weight excluding hydrogens is 216 g/mol. The van der Waals surface area contributed by atoms with Gasteiger partial charge in [-0.15, -0.1) is 0 Å². The molecule has 2 fully saturated rings. The van der Waals surface area contributed by atoms with Crippen LogP contribution in [0.25, 0.3) is 0 Å². The van der Waals surface area contributed by atoms with Crippen LogP contribution in [0.5, 0.6) is 0 Å². The Morgan fingerprint density at radius 2 is 2.06 bits per heavy atom. The molecule has 2 aliphatic rings. The molecule has 2 unspecified atom stereocenters. The summed E-state index contributed by atoms with van der Waals surface area (Å²) < 4.78 is 11.0. The van der Waals surface area contributed by atoms with Gasteiger partial charge in [-0.1, -0.05) is 6.92 Å². The Bertz CT molecular complexity index is 217. The molecule has 17 heavy (non-hydrogen) atoms. The zero-order valence-corrected chi connectivity index (χ0v) is 11.2. The minimum absolute atomic E-state index is 0.482. The van der Waals surface area contributed by atoms with E-state index >= 15 is 0 Å². The Balaban J connectivity index is 1.73. The summed E-state index contributed by atoms with van der Waals surface area (Å²) in [6.45, 7) is 8.53. The maximum Gasteiger partial charge on any atom is 0.0623 e. The van der Waals surface area contributed by atoms with Crippen molar-refractivity contribution < 1.29 is 9.47 Å². The van der Waals surface area contributed by atoms with Gasteiger partial charge in [0.05, 0.1) is 19.3 Å². The molecule has 0 aromatic heterocycles. The van der Waals surface area contributed by atoms with Crippen LogP contribution in [0.15, 0.2) is 0 Å². The minimum atomic E-state index is 0.482. The number of piperidine rings is 1. The fourth-order valence-electron chi connectivity index (χ4n) is 2.93. The number of hydrogen-bond donors (Lipinski definition) is 1. The molecule has 2 saturated heterocycles. The first-order chi connectivity index (χ1) is 8.33. The summed E-state index contributed by atoms with van der Waals surface area (Å²) in [5, 5.41) is 3.53. The fourth-order valence-corrected chi connectivity index (χ4v) is 2.93. The summed E-state index contributed by atoms with van der Waals surface area (Å²) in [7, 11) is 1.83. The van der Waals surface area contributed by atoms with Gasteiger partial charge in [0, 0.05) is 38.7 Å². The summed E-state index contributed by atoms with van der Waals surface area (Å²) in [4.78, 5) is 2.57. The summed E-state index contributed by atoms with van der Waals surface area (Å²) in [6, 6.07) is 0.556. The molecule has 0 spiro atoms. The average Bonchev–Trinajstić information content (AvgIpc) is 2.78. The number of hydrogen-bond acceptors (Lipinski definition) is 4. The Morgan fingerprint density at radius 1 is 1.29 bits per heavy atom. The summed E-state index contributed by atoms with van der Waals surface area (Å²) in [5.41, 5.74) is 0. The van der Waals surface area contributed by atoms with Gasteiger partial charge in [-0.05, 0) is 19.4 Å². The van der Waals surface area contributed by atoms with Crippen LogP contribution in [0.2, 0.25) is 0 Å². The molecule has 0 saturated carbocycles. The molecule has 0 bridgehead atoms. The van der Waals surface area contributed by atoms with Crippen molar-refractivity contribution in [3.63, 3.8) is 0 Å². The highest BCUT2D eigenvalue weighted by molar-refractivity contribution is 4.84. The molecule has 0 amide bonds. The lowest BCUT2D eigenvalue weighted by Gasteiger charge is -2.33. The van der Waals surface area contributed by atoms with E-state index in [2.05, 4.69) is 17.1 Å². The van der Waals surface area contributed by atoms with E-state index in [9.17, 15) is 0 Å². The molecule has 0 aliphatic carbocycles. The van der Waals surface area contributed by atoms with Crippen LogP contribution < -0.4 is 5.32 Å². The normalized spacial score (nSPS) is 32.1. The standard InChI is InChI=1S/C13H26N2O2/c1-3-14-13-10-17-9-11(13)8-15-6-4-12(16-2)5-7-15/h11-14H,3-10H2,1-2H3. The van der Waals surface area contributed by atoms with Crippen molar-refractivity contribution in [3.8, 4) is 0 Å². The highest BCUT2D eigenvalue weighted by atomic mass is 16.5. The van der Waals surface area contributed by atoms with Gasteiger partial charge in [0.15, 0.2) is 0 Å². The van der Waals surface area contributed by atoms with E-state index < -0.39 is 0 Å². The Kier molecular flexibility index (Phi) is 5.22. The molecule has 2 heterocycles. The van der Waals surface area contributed by atoms with E-state index in [0.717, 1.165) is 19.8 Å². The molecule has 0 aromatic carbocycles.